The van der Waals surface area contributed by atoms with Crippen LogP contribution in [0.1, 0.15) is 23.0 Å². The van der Waals surface area contributed by atoms with Crippen molar-refractivity contribution in [1.29, 1.82) is 0 Å². The Kier molecular flexibility index (Phi) is 6.45. The Balaban J connectivity index is 1.72. The van der Waals surface area contributed by atoms with Crippen LogP contribution in [0, 0.1) is 0 Å². The molecule has 28 heavy (non-hydrogen) atoms. The molecule has 3 rings (SSSR count). The molecule has 0 unspecified atom stereocenters. The Bertz CT molecular complexity index is 933. The zero-order chi connectivity index (χ0) is 19.9. The van der Waals surface area contributed by atoms with Gasteiger partial charge in [0.05, 0.1) is 25.2 Å². The highest BCUT2D eigenvalue weighted by atomic mass is 35.5. The minimum absolute atomic E-state index is 0.161. The number of carbonyl (C=O) groups excluding carboxylic acids is 1. The number of anilines is 2. The van der Waals surface area contributed by atoms with Crippen LogP contribution in [0.15, 0.2) is 60.9 Å². The molecule has 0 bridgehead atoms. The summed E-state index contributed by atoms with van der Waals surface area (Å²) in [6.45, 7) is 3.04. The van der Waals surface area contributed by atoms with E-state index in [1.165, 1.54) is 12.4 Å². The van der Waals surface area contributed by atoms with E-state index in [0.29, 0.717) is 41.1 Å². The Hall–Kier alpha value is -3.12. The first-order valence-corrected chi connectivity index (χ1v) is 9.24. The molecule has 1 heterocycles. The van der Waals surface area contributed by atoms with Crippen LogP contribution in [0.2, 0.25) is 5.02 Å². The SMILES string of the molecule is CCN(Cc1ccccc1)C(=O)c1cnc(Nc2cc(Cl)ccc2OC)cn1. The molecule has 0 aliphatic heterocycles. The second-order valence-electron chi connectivity index (χ2n) is 6.06. The third-order valence-corrected chi connectivity index (χ3v) is 4.42. The van der Waals surface area contributed by atoms with E-state index in [2.05, 4.69) is 15.3 Å². The standard InChI is InChI=1S/C21H21ClN4O2/c1-3-26(14-15-7-5-4-6-8-15)21(27)18-12-24-20(13-23-18)25-17-11-16(22)9-10-19(17)28-2/h4-13H,3,14H2,1-2H3,(H,24,25). The van der Waals surface area contributed by atoms with Crippen LogP contribution >= 0.6 is 11.6 Å². The lowest BCUT2D eigenvalue weighted by atomic mass is 10.2. The second-order valence-corrected chi connectivity index (χ2v) is 6.50. The van der Waals surface area contributed by atoms with Crippen molar-refractivity contribution in [3.05, 3.63) is 77.2 Å². The quantitative estimate of drug-likeness (QED) is 0.634. The molecule has 1 amide bonds. The van der Waals surface area contributed by atoms with Gasteiger partial charge in [0.2, 0.25) is 0 Å². The predicted molar refractivity (Wildman–Crippen MR) is 110 cm³/mol. The maximum absolute atomic E-state index is 12.8. The van der Waals surface area contributed by atoms with Crippen LogP contribution in [0.3, 0.4) is 0 Å². The summed E-state index contributed by atoms with van der Waals surface area (Å²) in [5.74, 6) is 0.959. The molecule has 0 fully saturated rings. The molecular weight excluding hydrogens is 376 g/mol. The molecule has 0 atom stereocenters. The summed E-state index contributed by atoms with van der Waals surface area (Å²) in [7, 11) is 1.58. The van der Waals surface area contributed by atoms with Gasteiger partial charge >= 0.3 is 0 Å². The van der Waals surface area contributed by atoms with Gasteiger partial charge in [-0.3, -0.25) is 4.79 Å². The van der Waals surface area contributed by atoms with Gasteiger partial charge in [-0.05, 0) is 30.7 Å². The highest BCUT2D eigenvalue weighted by Crippen LogP contribution is 2.29. The van der Waals surface area contributed by atoms with Crippen molar-refractivity contribution in [2.24, 2.45) is 0 Å². The lowest BCUT2D eigenvalue weighted by Crippen LogP contribution is -2.31. The molecule has 144 valence electrons. The summed E-state index contributed by atoms with van der Waals surface area (Å²) in [6.07, 6.45) is 2.99. The number of nitrogens with zero attached hydrogens (tertiary/aromatic N) is 3. The number of rotatable bonds is 7. The Morgan fingerprint density at radius 2 is 1.93 bits per heavy atom. The van der Waals surface area contributed by atoms with Crippen LogP contribution in [0.5, 0.6) is 5.75 Å². The highest BCUT2D eigenvalue weighted by molar-refractivity contribution is 6.31. The lowest BCUT2D eigenvalue weighted by Gasteiger charge is -2.20. The topological polar surface area (TPSA) is 67.4 Å². The first-order valence-electron chi connectivity index (χ1n) is 8.86. The second kappa shape index (κ2) is 9.19. The number of nitrogens with one attached hydrogen (secondary N) is 1. The van der Waals surface area contributed by atoms with Gasteiger partial charge in [0.1, 0.15) is 17.3 Å². The molecule has 6 nitrogen and oxygen atoms in total. The van der Waals surface area contributed by atoms with E-state index in [-0.39, 0.29) is 5.91 Å². The Morgan fingerprint density at radius 1 is 1.14 bits per heavy atom. The molecule has 0 saturated heterocycles. The van der Waals surface area contributed by atoms with Crippen molar-refractivity contribution in [3.63, 3.8) is 0 Å². The van der Waals surface area contributed by atoms with E-state index in [0.717, 1.165) is 5.56 Å². The van der Waals surface area contributed by atoms with Crippen molar-refractivity contribution in [2.45, 2.75) is 13.5 Å². The average molecular weight is 397 g/mol. The van der Waals surface area contributed by atoms with E-state index < -0.39 is 0 Å². The van der Waals surface area contributed by atoms with Gasteiger partial charge < -0.3 is 15.0 Å². The molecule has 7 heteroatoms. The van der Waals surface area contributed by atoms with Gasteiger partial charge in [-0.25, -0.2) is 9.97 Å². The fourth-order valence-electron chi connectivity index (χ4n) is 2.71. The van der Waals surface area contributed by atoms with E-state index in [1.807, 2.05) is 37.3 Å². The lowest BCUT2D eigenvalue weighted by molar-refractivity contribution is 0.0746. The van der Waals surface area contributed by atoms with Gasteiger partial charge in [0.25, 0.3) is 5.91 Å². The first-order chi connectivity index (χ1) is 13.6. The summed E-state index contributed by atoms with van der Waals surface area (Å²) < 4.78 is 5.31. The van der Waals surface area contributed by atoms with Crippen molar-refractivity contribution in [2.75, 3.05) is 19.0 Å². The Morgan fingerprint density at radius 3 is 2.57 bits per heavy atom. The number of halogens is 1. The number of ether oxygens (including phenoxy) is 1. The highest BCUT2D eigenvalue weighted by Gasteiger charge is 2.16. The normalized spacial score (nSPS) is 10.4. The predicted octanol–water partition coefficient (Wildman–Crippen LogP) is 4.54. The summed E-state index contributed by atoms with van der Waals surface area (Å²) >= 11 is 6.04. The third kappa shape index (κ3) is 4.78. The molecule has 3 aromatic rings. The minimum atomic E-state index is -0.161. The Labute approximate surface area is 169 Å². The molecule has 0 saturated carbocycles. The van der Waals surface area contributed by atoms with Crippen LogP contribution in [0.4, 0.5) is 11.5 Å². The van der Waals surface area contributed by atoms with E-state index in [4.69, 9.17) is 16.3 Å². The van der Waals surface area contributed by atoms with Crippen LogP contribution in [0.25, 0.3) is 0 Å². The number of carbonyl (C=O) groups is 1. The van der Waals surface area contributed by atoms with Crippen LogP contribution in [-0.4, -0.2) is 34.4 Å². The smallest absolute Gasteiger partial charge is 0.274 e. The summed E-state index contributed by atoms with van der Waals surface area (Å²) in [4.78, 5) is 23.1. The fourth-order valence-corrected chi connectivity index (χ4v) is 2.88. The summed E-state index contributed by atoms with van der Waals surface area (Å²) in [5, 5.41) is 3.68. The fraction of sp³-hybridized carbons (Fsp3) is 0.190. The monoisotopic (exact) mass is 396 g/mol. The summed E-state index contributed by atoms with van der Waals surface area (Å²) in [5.41, 5.74) is 2.03. The van der Waals surface area contributed by atoms with Gasteiger partial charge in [0.15, 0.2) is 0 Å². The number of methoxy groups -OCH3 is 1. The largest absolute Gasteiger partial charge is 0.495 e. The summed E-state index contributed by atoms with van der Waals surface area (Å²) in [6, 6.07) is 15.1. The van der Waals surface area contributed by atoms with Crippen LogP contribution < -0.4 is 10.1 Å². The molecule has 0 aliphatic rings. The molecule has 2 aromatic carbocycles. The molecule has 0 spiro atoms. The number of hydrogen-bond donors (Lipinski definition) is 1. The molecule has 0 radical (unpaired) electrons. The minimum Gasteiger partial charge on any atom is -0.495 e. The number of benzene rings is 2. The molecular formula is C21H21ClN4O2. The number of hydrogen-bond acceptors (Lipinski definition) is 5. The van der Waals surface area contributed by atoms with Crippen molar-refractivity contribution in [3.8, 4) is 5.75 Å². The third-order valence-electron chi connectivity index (χ3n) is 4.18. The van der Waals surface area contributed by atoms with Gasteiger partial charge in [-0.2, -0.15) is 0 Å². The van der Waals surface area contributed by atoms with Gasteiger partial charge in [0, 0.05) is 18.1 Å². The maximum Gasteiger partial charge on any atom is 0.274 e. The van der Waals surface area contributed by atoms with Gasteiger partial charge in [-0.15, -0.1) is 0 Å². The van der Waals surface area contributed by atoms with E-state index >= 15 is 0 Å². The van der Waals surface area contributed by atoms with E-state index in [9.17, 15) is 4.79 Å². The maximum atomic E-state index is 12.8. The average Bonchev–Trinajstić information content (AvgIpc) is 2.73. The number of aromatic nitrogens is 2. The number of amides is 1. The van der Waals surface area contributed by atoms with Crippen molar-refractivity contribution >= 4 is 29.0 Å². The molecule has 0 aliphatic carbocycles. The van der Waals surface area contributed by atoms with Crippen molar-refractivity contribution in [1.82, 2.24) is 14.9 Å². The van der Waals surface area contributed by atoms with Crippen LogP contribution in [-0.2, 0) is 6.54 Å². The van der Waals surface area contributed by atoms with Gasteiger partial charge in [-0.1, -0.05) is 41.9 Å². The molecule has 1 aromatic heterocycles. The zero-order valence-corrected chi connectivity index (χ0v) is 16.5. The molecule has 1 N–H and O–H groups in total. The van der Waals surface area contributed by atoms with E-state index in [1.54, 1.807) is 30.2 Å². The van der Waals surface area contributed by atoms with Crippen molar-refractivity contribution < 1.29 is 9.53 Å². The zero-order valence-electron chi connectivity index (χ0n) is 15.7. The first kappa shape index (κ1) is 19.6.